The van der Waals surface area contributed by atoms with E-state index in [-0.39, 0.29) is 0 Å². The van der Waals surface area contributed by atoms with Crippen LogP contribution in [0.15, 0.2) is 48.5 Å². The number of amides is 1. The summed E-state index contributed by atoms with van der Waals surface area (Å²) >= 11 is 1.25. The maximum atomic E-state index is 11.8. The molecule has 0 aliphatic carbocycles. The molecule has 1 aliphatic rings. The summed E-state index contributed by atoms with van der Waals surface area (Å²) in [6, 6.07) is 15.7. The molecule has 2 aromatic heterocycles. The first-order valence-corrected chi connectivity index (χ1v) is 10.5. The molecule has 1 amide bonds. The third kappa shape index (κ3) is 3.15. The summed E-state index contributed by atoms with van der Waals surface area (Å²) in [5.41, 5.74) is 9.90. The Hall–Kier alpha value is -3.52. The van der Waals surface area contributed by atoms with Crippen LogP contribution < -0.4 is 16.0 Å². The van der Waals surface area contributed by atoms with Crippen LogP contribution in [0.3, 0.4) is 0 Å². The summed E-state index contributed by atoms with van der Waals surface area (Å²) in [6.45, 7) is 1.57. The van der Waals surface area contributed by atoms with Crippen LogP contribution in [0.25, 0.3) is 21.6 Å². The Morgan fingerprint density at radius 2 is 2.00 bits per heavy atom. The number of anilines is 2. The van der Waals surface area contributed by atoms with Gasteiger partial charge in [0, 0.05) is 31.9 Å². The highest BCUT2D eigenvalue weighted by molar-refractivity contribution is 7.14. The van der Waals surface area contributed by atoms with Gasteiger partial charge >= 0.3 is 0 Å². The number of carbonyl (C=O) groups excluding carboxylic acids is 1. The zero-order valence-electron chi connectivity index (χ0n) is 16.4. The average Bonchev–Trinajstić information content (AvgIpc) is 3.36. The Bertz CT molecular complexity index is 1250. The van der Waals surface area contributed by atoms with E-state index in [9.17, 15) is 4.79 Å². The minimum atomic E-state index is -0.461. The predicted octanol–water partition coefficient (Wildman–Crippen LogP) is 3.46. The van der Waals surface area contributed by atoms with Crippen molar-refractivity contribution in [3.63, 3.8) is 0 Å². The van der Waals surface area contributed by atoms with Gasteiger partial charge in [-0.2, -0.15) is 4.37 Å². The van der Waals surface area contributed by atoms with E-state index in [4.69, 9.17) is 15.7 Å². The van der Waals surface area contributed by atoms with Crippen molar-refractivity contribution in [2.24, 2.45) is 5.73 Å². The lowest BCUT2D eigenvalue weighted by Crippen LogP contribution is -2.15. The lowest BCUT2D eigenvalue weighted by molar-refractivity contribution is 0.100. The van der Waals surface area contributed by atoms with Gasteiger partial charge in [-0.3, -0.25) is 4.79 Å². The van der Waals surface area contributed by atoms with E-state index in [1.165, 1.54) is 17.1 Å². The average molecular weight is 417 g/mol. The highest BCUT2D eigenvalue weighted by Gasteiger charge is 2.25. The molecule has 8 heteroatoms. The molecular formula is C22H20N6OS. The first-order valence-electron chi connectivity index (χ1n) is 9.70. The fraction of sp³-hybridized carbons (Fsp3) is 0.182. The Labute approximate surface area is 177 Å². The minimum Gasteiger partial charge on any atom is -0.370 e. The molecule has 150 valence electrons. The third-order valence-corrected chi connectivity index (χ3v) is 6.20. The SMILES string of the molecule is CN1CCc2nc(-c3nsc4c(C(N)=O)cccc34)nc(NCc3ccccc3)c21. The topological polar surface area (TPSA) is 97.0 Å². The van der Waals surface area contributed by atoms with Gasteiger partial charge in [-0.1, -0.05) is 42.5 Å². The van der Waals surface area contributed by atoms with E-state index in [1.54, 1.807) is 6.07 Å². The number of nitrogens with two attached hydrogens (primary N) is 1. The molecule has 30 heavy (non-hydrogen) atoms. The molecular weight excluding hydrogens is 396 g/mol. The van der Waals surface area contributed by atoms with Gasteiger partial charge in [0.2, 0.25) is 5.91 Å². The van der Waals surface area contributed by atoms with Crippen molar-refractivity contribution in [3.05, 3.63) is 65.4 Å². The second-order valence-electron chi connectivity index (χ2n) is 7.28. The highest BCUT2D eigenvalue weighted by atomic mass is 32.1. The number of primary amides is 1. The molecule has 3 N–H and O–H groups in total. The molecule has 0 atom stereocenters. The van der Waals surface area contributed by atoms with Gasteiger partial charge in [-0.05, 0) is 23.2 Å². The second-order valence-corrected chi connectivity index (χ2v) is 8.05. The molecule has 7 nitrogen and oxygen atoms in total. The molecule has 0 bridgehead atoms. The maximum absolute atomic E-state index is 11.8. The molecule has 5 rings (SSSR count). The fourth-order valence-corrected chi connectivity index (χ4v) is 4.68. The van der Waals surface area contributed by atoms with Crippen molar-refractivity contribution in [1.29, 1.82) is 0 Å². The quantitative estimate of drug-likeness (QED) is 0.517. The smallest absolute Gasteiger partial charge is 0.250 e. The molecule has 0 unspecified atom stereocenters. The number of rotatable bonds is 5. The fourth-order valence-electron chi connectivity index (χ4n) is 3.79. The van der Waals surface area contributed by atoms with E-state index in [1.807, 2.05) is 30.3 Å². The van der Waals surface area contributed by atoms with E-state index in [0.29, 0.717) is 23.6 Å². The molecule has 0 saturated heterocycles. The summed E-state index contributed by atoms with van der Waals surface area (Å²) in [6.07, 6.45) is 0.857. The molecule has 1 aliphatic heterocycles. The van der Waals surface area contributed by atoms with Gasteiger partial charge in [0.15, 0.2) is 11.6 Å². The van der Waals surface area contributed by atoms with Crippen molar-refractivity contribution in [2.75, 3.05) is 23.8 Å². The monoisotopic (exact) mass is 416 g/mol. The zero-order valence-corrected chi connectivity index (χ0v) is 17.2. The number of nitrogens with zero attached hydrogens (tertiary/aromatic N) is 4. The van der Waals surface area contributed by atoms with E-state index < -0.39 is 5.91 Å². The summed E-state index contributed by atoms with van der Waals surface area (Å²) in [4.78, 5) is 23.6. The molecule has 0 spiro atoms. The van der Waals surface area contributed by atoms with E-state index in [2.05, 4.69) is 33.8 Å². The Kier molecular flexibility index (Phi) is 4.55. The minimum absolute atomic E-state index is 0.461. The highest BCUT2D eigenvalue weighted by Crippen LogP contribution is 2.37. The van der Waals surface area contributed by atoms with Crippen molar-refractivity contribution >= 4 is 39.0 Å². The van der Waals surface area contributed by atoms with Crippen LogP contribution >= 0.6 is 11.5 Å². The lowest BCUT2D eigenvalue weighted by Gasteiger charge is -2.17. The van der Waals surface area contributed by atoms with Gasteiger partial charge < -0.3 is 16.0 Å². The number of fused-ring (bicyclic) bond motifs is 2. The van der Waals surface area contributed by atoms with Gasteiger partial charge in [0.05, 0.1) is 16.0 Å². The number of nitrogens with one attached hydrogen (secondary N) is 1. The van der Waals surface area contributed by atoms with Gasteiger partial charge in [0.1, 0.15) is 11.4 Å². The van der Waals surface area contributed by atoms with Gasteiger partial charge in [-0.15, -0.1) is 0 Å². The largest absolute Gasteiger partial charge is 0.370 e. The number of aromatic nitrogens is 3. The number of benzene rings is 2. The standard InChI is InChI=1S/C22H20N6OS/c1-28-11-10-16-18(28)22(24-12-13-6-3-2-4-7-13)26-21(25-16)17-14-8-5-9-15(20(23)29)19(14)30-27-17/h2-9H,10-12H2,1H3,(H2,23,29)(H,24,25,26). The molecule has 0 fully saturated rings. The number of hydrogen-bond acceptors (Lipinski definition) is 7. The molecule has 4 aromatic rings. The number of carbonyl (C=O) groups is 1. The Morgan fingerprint density at radius 1 is 1.17 bits per heavy atom. The summed E-state index contributed by atoms with van der Waals surface area (Å²) in [5.74, 6) is 0.899. The summed E-state index contributed by atoms with van der Waals surface area (Å²) in [5, 5.41) is 4.32. The van der Waals surface area contributed by atoms with Crippen molar-refractivity contribution in [3.8, 4) is 11.5 Å². The van der Waals surface area contributed by atoms with Crippen molar-refractivity contribution in [1.82, 2.24) is 14.3 Å². The van der Waals surface area contributed by atoms with E-state index >= 15 is 0 Å². The van der Waals surface area contributed by atoms with E-state index in [0.717, 1.165) is 40.3 Å². The summed E-state index contributed by atoms with van der Waals surface area (Å²) < 4.78 is 5.34. The molecule has 2 aromatic carbocycles. The number of hydrogen-bond donors (Lipinski definition) is 2. The van der Waals surface area contributed by atoms with Crippen LogP contribution in [0.5, 0.6) is 0 Å². The molecule has 0 radical (unpaired) electrons. The first-order chi connectivity index (χ1) is 14.6. The van der Waals surface area contributed by atoms with Crippen LogP contribution in [0.1, 0.15) is 21.6 Å². The third-order valence-electron chi connectivity index (χ3n) is 5.30. The predicted molar refractivity (Wildman–Crippen MR) is 120 cm³/mol. The maximum Gasteiger partial charge on any atom is 0.250 e. The Morgan fingerprint density at radius 3 is 2.80 bits per heavy atom. The first kappa shape index (κ1) is 18.5. The normalized spacial score (nSPS) is 12.9. The van der Waals surface area contributed by atoms with Crippen LogP contribution in [0, 0.1) is 0 Å². The Balaban J connectivity index is 1.59. The van der Waals surface area contributed by atoms with Crippen LogP contribution in [-0.4, -0.2) is 33.8 Å². The lowest BCUT2D eigenvalue weighted by atomic mass is 10.1. The van der Waals surface area contributed by atoms with Crippen LogP contribution in [0.4, 0.5) is 11.5 Å². The second kappa shape index (κ2) is 7.38. The zero-order chi connectivity index (χ0) is 20.7. The van der Waals surface area contributed by atoms with Gasteiger partial charge in [0.25, 0.3) is 0 Å². The number of likely N-dealkylation sites (N-methyl/N-ethyl adjacent to an activating group) is 1. The van der Waals surface area contributed by atoms with Crippen molar-refractivity contribution < 1.29 is 4.79 Å². The van der Waals surface area contributed by atoms with Gasteiger partial charge in [-0.25, -0.2) is 9.97 Å². The molecule has 3 heterocycles. The summed E-state index contributed by atoms with van der Waals surface area (Å²) in [7, 11) is 2.06. The van der Waals surface area contributed by atoms with Crippen LogP contribution in [-0.2, 0) is 13.0 Å². The van der Waals surface area contributed by atoms with Crippen LogP contribution in [0.2, 0.25) is 0 Å². The van der Waals surface area contributed by atoms with Crippen molar-refractivity contribution in [2.45, 2.75) is 13.0 Å². The molecule has 0 saturated carbocycles.